The van der Waals surface area contributed by atoms with Crippen molar-refractivity contribution in [3.63, 3.8) is 0 Å². The molecule has 1 saturated carbocycles. The predicted molar refractivity (Wildman–Crippen MR) is 65.0 cm³/mol. The van der Waals surface area contributed by atoms with E-state index in [1.807, 2.05) is 0 Å². The first kappa shape index (κ1) is 12.6. The van der Waals surface area contributed by atoms with E-state index in [0.717, 1.165) is 12.1 Å². The molecule has 5 nitrogen and oxygen atoms in total. The van der Waals surface area contributed by atoms with E-state index in [9.17, 15) is 8.42 Å². The minimum atomic E-state index is -3.17. The summed E-state index contributed by atoms with van der Waals surface area (Å²) in [6.45, 7) is 1.08. The first-order chi connectivity index (χ1) is 8.16. The van der Waals surface area contributed by atoms with Crippen molar-refractivity contribution in [1.82, 2.24) is 10.0 Å². The second-order valence-electron chi connectivity index (χ2n) is 4.35. The molecule has 1 aromatic heterocycles. The van der Waals surface area contributed by atoms with Gasteiger partial charge in [0.15, 0.2) is 0 Å². The van der Waals surface area contributed by atoms with Crippen molar-refractivity contribution < 1.29 is 12.8 Å². The normalized spacial score (nSPS) is 16.2. The lowest BCUT2D eigenvalue weighted by molar-refractivity contribution is 0.560. The van der Waals surface area contributed by atoms with Gasteiger partial charge >= 0.3 is 0 Å². The van der Waals surface area contributed by atoms with Crippen LogP contribution in [0.3, 0.4) is 0 Å². The molecule has 0 saturated heterocycles. The maximum absolute atomic E-state index is 11.6. The Labute approximate surface area is 102 Å². The molecule has 0 unspecified atom stereocenters. The quantitative estimate of drug-likeness (QED) is 0.678. The summed E-state index contributed by atoms with van der Waals surface area (Å²) in [4.78, 5) is 0. The van der Waals surface area contributed by atoms with Gasteiger partial charge in [-0.05, 0) is 31.9 Å². The molecule has 0 amide bonds. The Morgan fingerprint density at radius 3 is 2.88 bits per heavy atom. The second-order valence-corrected chi connectivity index (χ2v) is 6.28. The van der Waals surface area contributed by atoms with Crippen molar-refractivity contribution in [3.05, 3.63) is 24.2 Å². The van der Waals surface area contributed by atoms with Crippen molar-refractivity contribution in [2.45, 2.75) is 31.8 Å². The predicted octanol–water partition coefficient (Wildman–Crippen LogP) is 0.841. The molecule has 1 heterocycles. The highest BCUT2D eigenvalue weighted by Gasteiger charge is 2.20. The lowest BCUT2D eigenvalue weighted by atomic mass is 10.4. The topological polar surface area (TPSA) is 71.3 Å². The third kappa shape index (κ3) is 4.89. The van der Waals surface area contributed by atoms with Crippen molar-refractivity contribution >= 4 is 10.0 Å². The van der Waals surface area contributed by atoms with Gasteiger partial charge in [0.2, 0.25) is 10.0 Å². The number of hydrogen-bond acceptors (Lipinski definition) is 4. The van der Waals surface area contributed by atoms with Crippen LogP contribution >= 0.6 is 0 Å². The molecule has 6 heteroatoms. The van der Waals surface area contributed by atoms with Crippen LogP contribution in [0.2, 0.25) is 0 Å². The molecule has 0 aliphatic heterocycles. The fourth-order valence-electron chi connectivity index (χ4n) is 1.51. The van der Waals surface area contributed by atoms with E-state index in [-0.39, 0.29) is 5.75 Å². The smallest absolute Gasteiger partial charge is 0.211 e. The highest BCUT2D eigenvalue weighted by atomic mass is 32.2. The van der Waals surface area contributed by atoms with Crippen LogP contribution in [0.4, 0.5) is 0 Å². The summed E-state index contributed by atoms with van der Waals surface area (Å²) < 4.78 is 30.6. The zero-order valence-corrected chi connectivity index (χ0v) is 10.5. The average Bonchev–Trinajstić information content (AvgIpc) is 2.96. The van der Waals surface area contributed by atoms with Gasteiger partial charge in [0.05, 0.1) is 18.3 Å². The minimum Gasteiger partial charge on any atom is -0.472 e. The Kier molecular flexibility index (Phi) is 4.20. The first-order valence-electron chi connectivity index (χ1n) is 5.87. The lowest BCUT2D eigenvalue weighted by Crippen LogP contribution is -2.28. The van der Waals surface area contributed by atoms with Crippen LogP contribution in [0.15, 0.2) is 23.0 Å². The molecule has 96 valence electrons. The van der Waals surface area contributed by atoms with Crippen LogP contribution in [0.5, 0.6) is 0 Å². The standard InChI is InChI=1S/C11H18N2O3S/c14-17(15,7-1-5-12-11-2-3-11)13-8-10-4-6-16-9-10/h4,6,9,11-13H,1-3,5,7-8H2. The Hall–Kier alpha value is -0.850. The first-order valence-corrected chi connectivity index (χ1v) is 7.53. The molecule has 17 heavy (non-hydrogen) atoms. The molecule has 2 N–H and O–H groups in total. The molecule has 0 spiro atoms. The van der Waals surface area contributed by atoms with E-state index in [0.29, 0.717) is 19.0 Å². The van der Waals surface area contributed by atoms with Crippen LogP contribution in [0.25, 0.3) is 0 Å². The van der Waals surface area contributed by atoms with Gasteiger partial charge in [-0.15, -0.1) is 0 Å². The van der Waals surface area contributed by atoms with Crippen molar-refractivity contribution in [2.24, 2.45) is 0 Å². The Balaban J connectivity index is 1.63. The molecular formula is C11H18N2O3S. The molecule has 0 radical (unpaired) electrons. The van der Waals surface area contributed by atoms with Crippen molar-refractivity contribution in [1.29, 1.82) is 0 Å². The largest absolute Gasteiger partial charge is 0.472 e. The van der Waals surface area contributed by atoms with Crippen LogP contribution in [-0.4, -0.2) is 26.8 Å². The molecule has 1 fully saturated rings. The van der Waals surface area contributed by atoms with Gasteiger partial charge in [-0.25, -0.2) is 13.1 Å². The third-order valence-corrected chi connectivity index (χ3v) is 4.09. The van der Waals surface area contributed by atoms with E-state index in [1.54, 1.807) is 6.07 Å². The zero-order chi connectivity index (χ0) is 12.1. The molecule has 1 aliphatic rings. The summed E-state index contributed by atoms with van der Waals surface area (Å²) in [6, 6.07) is 2.38. The van der Waals surface area contributed by atoms with Crippen LogP contribution in [-0.2, 0) is 16.6 Å². The lowest BCUT2D eigenvalue weighted by Gasteiger charge is -2.06. The Morgan fingerprint density at radius 1 is 1.41 bits per heavy atom. The fourth-order valence-corrected chi connectivity index (χ4v) is 2.57. The van der Waals surface area contributed by atoms with Crippen molar-refractivity contribution in [3.8, 4) is 0 Å². The van der Waals surface area contributed by atoms with E-state index in [1.165, 1.54) is 25.4 Å². The summed E-state index contributed by atoms with van der Waals surface area (Å²) in [5.41, 5.74) is 0.838. The Morgan fingerprint density at radius 2 is 2.24 bits per heavy atom. The molecule has 0 aromatic carbocycles. The highest BCUT2D eigenvalue weighted by Crippen LogP contribution is 2.18. The minimum absolute atomic E-state index is 0.171. The van der Waals surface area contributed by atoms with E-state index >= 15 is 0 Å². The fraction of sp³-hybridized carbons (Fsp3) is 0.636. The average molecular weight is 258 g/mol. The number of rotatable bonds is 8. The summed E-state index contributed by atoms with van der Waals surface area (Å²) in [5.74, 6) is 0.171. The SMILES string of the molecule is O=S(=O)(CCCNC1CC1)NCc1ccoc1. The summed E-state index contributed by atoms with van der Waals surface area (Å²) in [5, 5.41) is 3.29. The van der Waals surface area contributed by atoms with E-state index < -0.39 is 10.0 Å². The Bertz CT molecular complexity index is 424. The van der Waals surface area contributed by atoms with Gasteiger partial charge < -0.3 is 9.73 Å². The van der Waals surface area contributed by atoms with Crippen LogP contribution in [0.1, 0.15) is 24.8 Å². The number of furan rings is 1. The van der Waals surface area contributed by atoms with Gasteiger partial charge in [0, 0.05) is 18.2 Å². The van der Waals surface area contributed by atoms with Gasteiger partial charge in [-0.1, -0.05) is 0 Å². The van der Waals surface area contributed by atoms with Gasteiger partial charge in [-0.3, -0.25) is 0 Å². The van der Waals surface area contributed by atoms with Crippen LogP contribution < -0.4 is 10.0 Å². The van der Waals surface area contributed by atoms with Gasteiger partial charge in [-0.2, -0.15) is 0 Å². The van der Waals surface area contributed by atoms with Gasteiger partial charge in [0.25, 0.3) is 0 Å². The van der Waals surface area contributed by atoms with Crippen LogP contribution in [0, 0.1) is 0 Å². The zero-order valence-electron chi connectivity index (χ0n) is 9.69. The van der Waals surface area contributed by atoms with Crippen molar-refractivity contribution in [2.75, 3.05) is 12.3 Å². The van der Waals surface area contributed by atoms with E-state index in [2.05, 4.69) is 10.0 Å². The van der Waals surface area contributed by atoms with Gasteiger partial charge in [0.1, 0.15) is 0 Å². The summed E-state index contributed by atoms with van der Waals surface area (Å²) in [6.07, 6.45) is 6.18. The number of nitrogens with one attached hydrogen (secondary N) is 2. The highest BCUT2D eigenvalue weighted by molar-refractivity contribution is 7.89. The molecular weight excluding hydrogens is 240 g/mol. The number of sulfonamides is 1. The number of hydrogen-bond donors (Lipinski definition) is 2. The molecule has 0 atom stereocenters. The second kappa shape index (κ2) is 5.66. The monoisotopic (exact) mass is 258 g/mol. The van der Waals surface area contributed by atoms with E-state index in [4.69, 9.17) is 4.42 Å². The maximum Gasteiger partial charge on any atom is 0.211 e. The third-order valence-electron chi connectivity index (χ3n) is 2.68. The molecule has 1 aliphatic carbocycles. The molecule has 0 bridgehead atoms. The summed E-state index contributed by atoms with van der Waals surface area (Å²) in [7, 11) is -3.17. The maximum atomic E-state index is 11.6. The molecule has 1 aromatic rings. The summed E-state index contributed by atoms with van der Waals surface area (Å²) >= 11 is 0. The molecule has 2 rings (SSSR count).